The third kappa shape index (κ3) is 7.01. The molecule has 0 saturated heterocycles. The minimum absolute atomic E-state index is 0.00349. The first-order chi connectivity index (χ1) is 16.1. The lowest BCUT2D eigenvalue weighted by molar-refractivity contribution is -0.132. The Morgan fingerprint density at radius 1 is 0.939 bits per heavy atom. The zero-order chi connectivity index (χ0) is 23.5. The van der Waals surface area contributed by atoms with Gasteiger partial charge in [-0.05, 0) is 42.5 Å². The number of hydrogen-bond acceptors (Lipinski definition) is 3. The van der Waals surface area contributed by atoms with Crippen molar-refractivity contribution in [1.82, 2.24) is 15.2 Å². The maximum Gasteiger partial charge on any atom is 0.230 e. The van der Waals surface area contributed by atoms with E-state index in [1.54, 1.807) is 24.3 Å². The maximum atomic E-state index is 13.5. The third-order valence-corrected chi connectivity index (χ3v) is 6.00. The van der Waals surface area contributed by atoms with Crippen molar-refractivity contribution < 1.29 is 9.59 Å². The minimum Gasteiger partial charge on any atom is -0.356 e. The second kappa shape index (κ2) is 12.5. The van der Waals surface area contributed by atoms with Crippen LogP contribution in [0.3, 0.4) is 0 Å². The Labute approximate surface area is 196 Å². The summed E-state index contributed by atoms with van der Waals surface area (Å²) in [6.07, 6.45) is 5.46. The highest BCUT2D eigenvalue weighted by molar-refractivity contribution is 5.86. The number of pyridine rings is 1. The van der Waals surface area contributed by atoms with Crippen LogP contribution in [0.25, 0.3) is 0 Å². The van der Waals surface area contributed by atoms with Crippen molar-refractivity contribution in [2.45, 2.75) is 38.0 Å². The molecule has 2 atom stereocenters. The predicted molar refractivity (Wildman–Crippen MR) is 132 cm³/mol. The smallest absolute Gasteiger partial charge is 0.230 e. The fraction of sp³-hybridized carbons (Fsp3) is 0.321. The van der Waals surface area contributed by atoms with Gasteiger partial charge in [-0.2, -0.15) is 0 Å². The lowest BCUT2D eigenvalue weighted by atomic mass is 9.78. The number of carbonyl (C=O) groups is 2. The molecule has 0 radical (unpaired) electrons. The SMILES string of the molecule is CCN(C)C(=O)C(c1cccnc1)C(CC(=O)NCCCc1ccccc1)c1ccccc1. The van der Waals surface area contributed by atoms with Gasteiger partial charge in [-0.1, -0.05) is 66.7 Å². The first-order valence-electron chi connectivity index (χ1n) is 11.6. The summed E-state index contributed by atoms with van der Waals surface area (Å²) >= 11 is 0. The molecule has 2 aromatic carbocycles. The van der Waals surface area contributed by atoms with Crippen molar-refractivity contribution in [2.24, 2.45) is 0 Å². The number of amides is 2. The van der Waals surface area contributed by atoms with Gasteiger partial charge in [0.05, 0.1) is 5.92 Å². The lowest BCUT2D eigenvalue weighted by Crippen LogP contribution is -2.36. The topological polar surface area (TPSA) is 62.3 Å². The van der Waals surface area contributed by atoms with Crippen LogP contribution < -0.4 is 5.32 Å². The van der Waals surface area contributed by atoms with E-state index in [9.17, 15) is 9.59 Å². The van der Waals surface area contributed by atoms with Gasteiger partial charge in [-0.25, -0.2) is 0 Å². The first kappa shape index (κ1) is 24.2. The third-order valence-electron chi connectivity index (χ3n) is 6.00. The van der Waals surface area contributed by atoms with Crippen molar-refractivity contribution in [3.8, 4) is 0 Å². The number of likely N-dealkylation sites (N-methyl/N-ethyl adjacent to an activating group) is 1. The highest BCUT2D eigenvalue weighted by Gasteiger charge is 2.34. The molecule has 0 bridgehead atoms. The molecule has 3 aromatic rings. The van der Waals surface area contributed by atoms with Crippen LogP contribution in [0, 0.1) is 0 Å². The Balaban J connectivity index is 1.76. The molecule has 0 saturated carbocycles. The van der Waals surface area contributed by atoms with Gasteiger partial charge in [-0.3, -0.25) is 14.6 Å². The molecule has 5 nitrogen and oxygen atoms in total. The summed E-state index contributed by atoms with van der Waals surface area (Å²) in [4.78, 5) is 32.4. The van der Waals surface area contributed by atoms with E-state index in [-0.39, 0.29) is 24.2 Å². The average Bonchev–Trinajstić information content (AvgIpc) is 2.87. The van der Waals surface area contributed by atoms with E-state index in [2.05, 4.69) is 22.4 Å². The number of benzene rings is 2. The van der Waals surface area contributed by atoms with Crippen LogP contribution in [-0.2, 0) is 16.0 Å². The molecular formula is C28H33N3O2. The van der Waals surface area contributed by atoms with Crippen LogP contribution >= 0.6 is 0 Å². The molecule has 0 aliphatic carbocycles. The molecule has 0 spiro atoms. The number of aryl methyl sites for hydroxylation is 1. The fourth-order valence-electron chi connectivity index (χ4n) is 4.07. The van der Waals surface area contributed by atoms with Crippen LogP contribution in [0.2, 0.25) is 0 Å². The van der Waals surface area contributed by atoms with Crippen molar-refractivity contribution >= 4 is 11.8 Å². The summed E-state index contributed by atoms with van der Waals surface area (Å²) in [5.74, 6) is -0.818. The Hall–Kier alpha value is -3.47. The number of hydrogen-bond donors (Lipinski definition) is 1. The van der Waals surface area contributed by atoms with E-state index in [4.69, 9.17) is 0 Å². The summed E-state index contributed by atoms with van der Waals surface area (Å²) in [5.41, 5.74) is 3.07. The maximum absolute atomic E-state index is 13.5. The van der Waals surface area contributed by atoms with Gasteiger partial charge in [0.2, 0.25) is 11.8 Å². The van der Waals surface area contributed by atoms with E-state index in [0.717, 1.165) is 24.0 Å². The molecule has 1 N–H and O–H groups in total. The van der Waals surface area contributed by atoms with Crippen LogP contribution in [0.1, 0.15) is 48.3 Å². The summed E-state index contributed by atoms with van der Waals surface area (Å²) in [7, 11) is 1.80. The highest BCUT2D eigenvalue weighted by Crippen LogP contribution is 2.37. The Morgan fingerprint density at radius 2 is 1.61 bits per heavy atom. The average molecular weight is 444 g/mol. The number of nitrogens with zero attached hydrogens (tertiary/aromatic N) is 2. The monoisotopic (exact) mass is 443 g/mol. The van der Waals surface area contributed by atoms with Crippen molar-refractivity contribution in [1.29, 1.82) is 0 Å². The minimum atomic E-state index is -0.485. The molecule has 0 fully saturated rings. The number of nitrogens with one attached hydrogen (secondary N) is 1. The van der Waals surface area contributed by atoms with Gasteiger partial charge in [0.1, 0.15) is 0 Å². The molecule has 33 heavy (non-hydrogen) atoms. The van der Waals surface area contributed by atoms with Crippen LogP contribution in [0.4, 0.5) is 0 Å². The second-order valence-electron chi connectivity index (χ2n) is 8.28. The largest absolute Gasteiger partial charge is 0.356 e. The van der Waals surface area contributed by atoms with Crippen LogP contribution in [0.15, 0.2) is 85.2 Å². The summed E-state index contributed by atoms with van der Waals surface area (Å²) in [6, 6.07) is 23.9. The van der Waals surface area contributed by atoms with Gasteiger partial charge in [0.25, 0.3) is 0 Å². The van der Waals surface area contributed by atoms with Gasteiger partial charge in [-0.15, -0.1) is 0 Å². The van der Waals surface area contributed by atoms with Gasteiger partial charge < -0.3 is 10.2 Å². The van der Waals surface area contributed by atoms with Crippen molar-refractivity contribution in [3.05, 3.63) is 102 Å². The van der Waals surface area contributed by atoms with Crippen LogP contribution in [-0.4, -0.2) is 41.8 Å². The molecule has 3 rings (SSSR count). The van der Waals surface area contributed by atoms with E-state index < -0.39 is 5.92 Å². The van der Waals surface area contributed by atoms with Gasteiger partial charge >= 0.3 is 0 Å². The number of aromatic nitrogens is 1. The Bertz CT molecular complexity index is 993. The Kier molecular flexibility index (Phi) is 9.19. The second-order valence-corrected chi connectivity index (χ2v) is 8.28. The summed E-state index contributed by atoms with van der Waals surface area (Å²) in [5, 5.41) is 3.06. The molecule has 0 aliphatic heterocycles. The molecule has 1 heterocycles. The quantitative estimate of drug-likeness (QED) is 0.442. The zero-order valence-corrected chi connectivity index (χ0v) is 19.5. The van der Waals surface area contributed by atoms with E-state index >= 15 is 0 Å². The van der Waals surface area contributed by atoms with Crippen molar-refractivity contribution in [2.75, 3.05) is 20.1 Å². The fourth-order valence-corrected chi connectivity index (χ4v) is 4.07. The standard InChI is InChI=1S/C28H33N3O2/c1-3-31(2)28(33)27(24-17-11-18-29-21-24)25(23-15-8-5-9-16-23)20-26(32)30-19-10-14-22-12-6-4-7-13-22/h4-9,11-13,15-18,21,25,27H,3,10,14,19-20H2,1-2H3,(H,30,32). The molecule has 2 amide bonds. The summed E-state index contributed by atoms with van der Waals surface area (Å²) < 4.78 is 0. The Morgan fingerprint density at radius 3 is 2.24 bits per heavy atom. The van der Waals surface area contributed by atoms with E-state index in [1.165, 1.54) is 5.56 Å². The molecule has 172 valence electrons. The molecular weight excluding hydrogens is 410 g/mol. The molecule has 5 heteroatoms. The van der Waals surface area contributed by atoms with Crippen LogP contribution in [0.5, 0.6) is 0 Å². The molecule has 2 unspecified atom stereocenters. The first-order valence-corrected chi connectivity index (χ1v) is 11.6. The predicted octanol–water partition coefficient (Wildman–Crippen LogP) is 4.57. The normalized spacial score (nSPS) is 12.5. The lowest BCUT2D eigenvalue weighted by Gasteiger charge is -2.30. The molecule has 0 aliphatic rings. The van der Waals surface area contributed by atoms with Gasteiger partial charge in [0.15, 0.2) is 0 Å². The number of carbonyl (C=O) groups excluding carboxylic acids is 2. The number of rotatable bonds is 11. The van der Waals surface area contributed by atoms with E-state index in [0.29, 0.717) is 13.1 Å². The molecule has 1 aromatic heterocycles. The van der Waals surface area contributed by atoms with Gasteiger partial charge in [0, 0.05) is 44.9 Å². The highest BCUT2D eigenvalue weighted by atomic mass is 16.2. The zero-order valence-electron chi connectivity index (χ0n) is 19.5. The van der Waals surface area contributed by atoms with E-state index in [1.807, 2.05) is 67.6 Å². The summed E-state index contributed by atoms with van der Waals surface area (Å²) in [6.45, 7) is 3.16. The van der Waals surface area contributed by atoms with Crippen molar-refractivity contribution in [3.63, 3.8) is 0 Å².